The second-order valence-electron chi connectivity index (χ2n) is 5.23. The van der Waals surface area contributed by atoms with E-state index in [0.717, 1.165) is 17.7 Å². The molecule has 0 spiro atoms. The van der Waals surface area contributed by atoms with Crippen LogP contribution < -0.4 is 4.72 Å². The Morgan fingerprint density at radius 3 is 2.50 bits per heavy atom. The lowest BCUT2D eigenvalue weighted by Gasteiger charge is -2.17. The number of aliphatic hydroxyl groups excluding tert-OH is 1. The van der Waals surface area contributed by atoms with Crippen LogP contribution in [0.4, 0.5) is 4.39 Å². The van der Waals surface area contributed by atoms with Gasteiger partial charge in [-0.15, -0.1) is 0 Å². The van der Waals surface area contributed by atoms with Crippen molar-refractivity contribution in [3.63, 3.8) is 0 Å². The molecule has 0 aliphatic heterocycles. The number of hydrogen-bond donors (Lipinski definition) is 2. The maximum atomic E-state index is 13.9. The zero-order valence-electron chi connectivity index (χ0n) is 12.8. The van der Waals surface area contributed by atoms with E-state index in [4.69, 9.17) is 5.26 Å². The van der Waals surface area contributed by atoms with E-state index in [2.05, 4.69) is 4.72 Å². The van der Waals surface area contributed by atoms with Crippen molar-refractivity contribution in [2.45, 2.75) is 17.2 Å². The molecule has 1 atom stereocenters. The van der Waals surface area contributed by atoms with Gasteiger partial charge in [0.2, 0.25) is 10.0 Å². The molecule has 0 fully saturated rings. The van der Waals surface area contributed by atoms with Crippen LogP contribution in [-0.4, -0.2) is 26.7 Å². The fraction of sp³-hybridized carbons (Fsp3) is 0.235. The number of rotatable bonds is 7. The second-order valence-corrected chi connectivity index (χ2v) is 6.96. The first kappa shape index (κ1) is 18.1. The van der Waals surface area contributed by atoms with Crippen molar-refractivity contribution < 1.29 is 17.9 Å². The monoisotopic (exact) mass is 348 g/mol. The molecule has 0 amide bonds. The third kappa shape index (κ3) is 4.38. The minimum Gasteiger partial charge on any atom is -0.396 e. The highest BCUT2D eigenvalue weighted by molar-refractivity contribution is 7.89. The molecular formula is C17H17FN2O3S. The first-order valence-electron chi connectivity index (χ1n) is 7.33. The first-order valence-corrected chi connectivity index (χ1v) is 8.81. The van der Waals surface area contributed by atoms with Crippen LogP contribution in [0.5, 0.6) is 0 Å². The molecule has 1 unspecified atom stereocenters. The van der Waals surface area contributed by atoms with E-state index in [1.165, 1.54) is 6.07 Å². The molecule has 0 radical (unpaired) electrons. The Bertz CT molecular complexity index is 833. The maximum absolute atomic E-state index is 13.9. The summed E-state index contributed by atoms with van der Waals surface area (Å²) in [6, 6.07) is 14.1. The molecule has 2 rings (SSSR count). The summed E-state index contributed by atoms with van der Waals surface area (Å²) in [6.07, 6.45) is 0.377. The Hall–Kier alpha value is -2.27. The van der Waals surface area contributed by atoms with Gasteiger partial charge in [0.15, 0.2) is 0 Å². The lowest BCUT2D eigenvalue weighted by molar-refractivity contribution is 0.275. The molecule has 7 heteroatoms. The van der Waals surface area contributed by atoms with E-state index in [9.17, 15) is 17.9 Å². The van der Waals surface area contributed by atoms with Gasteiger partial charge in [-0.05, 0) is 36.1 Å². The highest BCUT2D eigenvalue weighted by atomic mass is 32.2. The quantitative estimate of drug-likeness (QED) is 0.802. The molecule has 126 valence electrons. The van der Waals surface area contributed by atoms with E-state index < -0.39 is 20.7 Å². The Labute approximate surface area is 140 Å². The van der Waals surface area contributed by atoms with Gasteiger partial charge in [-0.2, -0.15) is 5.26 Å². The number of nitrogens with zero attached hydrogens (tertiary/aromatic N) is 1. The first-order chi connectivity index (χ1) is 11.5. The third-order valence-corrected chi connectivity index (χ3v) is 5.08. The Balaban J connectivity index is 2.18. The molecule has 5 nitrogen and oxygen atoms in total. The minimum absolute atomic E-state index is 0.0341. The highest BCUT2D eigenvalue weighted by Crippen LogP contribution is 2.20. The van der Waals surface area contributed by atoms with Gasteiger partial charge in [0, 0.05) is 13.2 Å². The highest BCUT2D eigenvalue weighted by Gasteiger charge is 2.21. The predicted octanol–water partition coefficient (Wildman–Crippen LogP) is 2.14. The van der Waals surface area contributed by atoms with Gasteiger partial charge in [-0.1, -0.05) is 30.3 Å². The van der Waals surface area contributed by atoms with Crippen LogP contribution in [0.25, 0.3) is 0 Å². The number of benzene rings is 2. The summed E-state index contributed by atoms with van der Waals surface area (Å²) < 4.78 is 40.9. The van der Waals surface area contributed by atoms with Gasteiger partial charge >= 0.3 is 0 Å². The molecule has 0 saturated carbocycles. The Morgan fingerprint density at radius 1 is 1.21 bits per heavy atom. The molecule has 0 heterocycles. The van der Waals surface area contributed by atoms with Crippen LogP contribution in [0.1, 0.15) is 23.5 Å². The van der Waals surface area contributed by atoms with Gasteiger partial charge in [0.25, 0.3) is 0 Å². The standard InChI is InChI=1S/C17H17FN2O3S/c18-16-10-13(11-19)6-7-17(16)24(22,23)20-12-15(8-9-21)14-4-2-1-3-5-14/h1-7,10,15,20-21H,8-9,12H2. The summed E-state index contributed by atoms with van der Waals surface area (Å²) >= 11 is 0. The number of nitrogens with one attached hydrogen (secondary N) is 1. The number of nitriles is 1. The summed E-state index contributed by atoms with van der Waals surface area (Å²) in [5.74, 6) is -1.20. The van der Waals surface area contributed by atoms with Gasteiger partial charge in [0.05, 0.1) is 11.6 Å². The summed E-state index contributed by atoms with van der Waals surface area (Å²) in [5, 5.41) is 17.9. The van der Waals surface area contributed by atoms with Crippen LogP contribution in [0.3, 0.4) is 0 Å². The largest absolute Gasteiger partial charge is 0.396 e. The van der Waals surface area contributed by atoms with Crippen molar-refractivity contribution in [1.82, 2.24) is 4.72 Å². The molecular weight excluding hydrogens is 331 g/mol. The summed E-state index contributed by atoms with van der Waals surface area (Å²) in [6.45, 7) is -0.0567. The average Bonchev–Trinajstić information content (AvgIpc) is 2.59. The topological polar surface area (TPSA) is 90.2 Å². The zero-order chi connectivity index (χ0) is 17.6. The molecule has 0 saturated heterocycles. The van der Waals surface area contributed by atoms with Gasteiger partial charge in [-0.25, -0.2) is 17.5 Å². The second kappa shape index (κ2) is 8.02. The lowest BCUT2D eigenvalue weighted by atomic mass is 9.96. The average molecular weight is 348 g/mol. The molecule has 0 bridgehead atoms. The van der Waals surface area contributed by atoms with E-state index in [1.54, 1.807) is 6.07 Å². The molecule has 2 aromatic rings. The van der Waals surface area contributed by atoms with Gasteiger partial charge in [0.1, 0.15) is 10.7 Å². The van der Waals surface area contributed by atoms with Crippen LogP contribution in [-0.2, 0) is 10.0 Å². The van der Waals surface area contributed by atoms with Crippen molar-refractivity contribution in [2.24, 2.45) is 0 Å². The van der Waals surface area contributed by atoms with Crippen LogP contribution in [0, 0.1) is 17.1 Å². The molecule has 0 aromatic heterocycles. The van der Waals surface area contributed by atoms with Gasteiger partial charge < -0.3 is 5.11 Å². The lowest BCUT2D eigenvalue weighted by Crippen LogP contribution is -2.29. The van der Waals surface area contributed by atoms with Crippen LogP contribution in [0.15, 0.2) is 53.4 Å². The van der Waals surface area contributed by atoms with Crippen LogP contribution >= 0.6 is 0 Å². The summed E-state index contributed by atoms with van der Waals surface area (Å²) in [4.78, 5) is -0.502. The molecule has 2 N–H and O–H groups in total. The Morgan fingerprint density at radius 2 is 1.92 bits per heavy atom. The van der Waals surface area contributed by atoms with Crippen molar-refractivity contribution in [1.29, 1.82) is 5.26 Å². The summed E-state index contributed by atoms with van der Waals surface area (Å²) in [5.41, 5.74) is 0.934. The van der Waals surface area contributed by atoms with Crippen LogP contribution in [0.2, 0.25) is 0 Å². The normalized spacial score (nSPS) is 12.5. The summed E-state index contributed by atoms with van der Waals surface area (Å²) in [7, 11) is -4.05. The smallest absolute Gasteiger partial charge is 0.243 e. The number of halogens is 1. The zero-order valence-corrected chi connectivity index (χ0v) is 13.6. The van der Waals surface area contributed by atoms with E-state index in [1.807, 2.05) is 30.3 Å². The number of sulfonamides is 1. The van der Waals surface area contributed by atoms with Gasteiger partial charge in [-0.3, -0.25) is 0 Å². The fourth-order valence-electron chi connectivity index (χ4n) is 2.34. The molecule has 0 aliphatic carbocycles. The number of aliphatic hydroxyl groups is 1. The van der Waals surface area contributed by atoms with E-state index in [0.29, 0.717) is 6.42 Å². The third-order valence-electron chi connectivity index (χ3n) is 3.62. The minimum atomic E-state index is -4.05. The number of hydrogen-bond acceptors (Lipinski definition) is 4. The Kier molecular flexibility index (Phi) is 6.04. The molecule has 24 heavy (non-hydrogen) atoms. The maximum Gasteiger partial charge on any atom is 0.243 e. The van der Waals surface area contributed by atoms with Crippen molar-refractivity contribution in [3.8, 4) is 6.07 Å². The van der Waals surface area contributed by atoms with E-state index in [-0.39, 0.29) is 24.6 Å². The molecule has 2 aromatic carbocycles. The van der Waals surface area contributed by atoms with Crippen molar-refractivity contribution in [2.75, 3.05) is 13.2 Å². The SMILES string of the molecule is N#Cc1ccc(S(=O)(=O)NCC(CCO)c2ccccc2)c(F)c1. The van der Waals surface area contributed by atoms with Crippen molar-refractivity contribution in [3.05, 3.63) is 65.5 Å². The van der Waals surface area contributed by atoms with Crippen molar-refractivity contribution >= 4 is 10.0 Å². The van der Waals surface area contributed by atoms with E-state index >= 15 is 0 Å². The fourth-order valence-corrected chi connectivity index (χ4v) is 3.48. The molecule has 0 aliphatic rings. The predicted molar refractivity (Wildman–Crippen MR) is 87.2 cm³/mol.